The van der Waals surface area contributed by atoms with Crippen molar-refractivity contribution in [2.45, 2.75) is 90.2 Å². The lowest BCUT2D eigenvalue weighted by Gasteiger charge is -2.39. The van der Waals surface area contributed by atoms with Gasteiger partial charge < -0.3 is 31.0 Å². The van der Waals surface area contributed by atoms with Gasteiger partial charge in [-0.15, -0.1) is 0 Å². The van der Waals surface area contributed by atoms with E-state index in [9.17, 15) is 9.59 Å². The summed E-state index contributed by atoms with van der Waals surface area (Å²) in [4.78, 5) is 26.9. The number of carbonyl (C=O) groups is 2. The molecule has 0 unspecified atom stereocenters. The monoisotopic (exact) mass is 558 g/mol. The van der Waals surface area contributed by atoms with Crippen LogP contribution in [0.15, 0.2) is 17.3 Å². The van der Waals surface area contributed by atoms with E-state index in [2.05, 4.69) is 22.7 Å². The molecule has 0 heterocycles. The lowest BCUT2D eigenvalue weighted by atomic mass is 9.70. The number of methoxy groups -OCH3 is 1. The first kappa shape index (κ1) is 28.5. The standard InChI is InChI=1S/C30H43FN4O5/c1-29(9-4-10-29)16-33-27(37)24-17-5-6-18(13-17)25(24)34-26(36)20-14-23(21(31)15-22(20)39-3)40-19-7-11-30(2,12-8-19)28(32)35-38/h14-15,17-19,24-25,38H,4-13,16H2,1-3H3,(H2,32,35)(H,33,37)(H,34,36)/t17-,18+,19?,24+,25-,30?/m1/s1. The molecule has 4 aliphatic rings. The van der Waals surface area contributed by atoms with Crippen molar-refractivity contribution in [2.24, 2.45) is 39.5 Å². The van der Waals surface area contributed by atoms with Crippen LogP contribution in [0, 0.1) is 34.4 Å². The molecular weight excluding hydrogens is 515 g/mol. The number of nitrogens with zero attached hydrogens (tertiary/aromatic N) is 1. The normalized spacial score (nSPS) is 32.7. The van der Waals surface area contributed by atoms with E-state index in [0.29, 0.717) is 32.2 Å². The van der Waals surface area contributed by atoms with Crippen LogP contribution in [0.5, 0.6) is 11.5 Å². The third-order valence-corrected chi connectivity index (χ3v) is 10.3. The number of halogens is 1. The Morgan fingerprint density at radius 1 is 1.10 bits per heavy atom. The van der Waals surface area contributed by atoms with Crippen LogP contribution in [0.3, 0.4) is 0 Å². The summed E-state index contributed by atoms with van der Waals surface area (Å²) >= 11 is 0. The van der Waals surface area contributed by atoms with Gasteiger partial charge in [-0.05, 0) is 81.1 Å². The number of fused-ring (bicyclic) bond motifs is 2. The summed E-state index contributed by atoms with van der Waals surface area (Å²) in [7, 11) is 1.40. The highest BCUT2D eigenvalue weighted by Gasteiger charge is 2.51. The van der Waals surface area contributed by atoms with E-state index in [1.54, 1.807) is 0 Å². The molecule has 0 saturated heterocycles. The van der Waals surface area contributed by atoms with Gasteiger partial charge in [0.15, 0.2) is 11.6 Å². The van der Waals surface area contributed by atoms with Gasteiger partial charge in [-0.3, -0.25) is 9.59 Å². The molecule has 4 aliphatic carbocycles. The van der Waals surface area contributed by atoms with Crippen molar-refractivity contribution in [2.75, 3.05) is 13.7 Å². The summed E-state index contributed by atoms with van der Waals surface area (Å²) in [6, 6.07) is 2.31. The van der Waals surface area contributed by atoms with Crippen LogP contribution in [0.1, 0.15) is 88.4 Å². The van der Waals surface area contributed by atoms with Gasteiger partial charge in [0.05, 0.1) is 24.7 Å². The average Bonchev–Trinajstić information content (AvgIpc) is 3.54. The number of hydrogen-bond donors (Lipinski definition) is 4. The summed E-state index contributed by atoms with van der Waals surface area (Å²) in [5.41, 5.74) is 5.80. The number of nitrogens with one attached hydrogen (secondary N) is 2. The molecule has 2 amide bonds. The minimum atomic E-state index is -0.611. The van der Waals surface area contributed by atoms with Gasteiger partial charge in [0.1, 0.15) is 11.6 Å². The molecule has 0 spiro atoms. The molecule has 1 aromatic carbocycles. The number of nitrogens with two attached hydrogens (primary N) is 1. The first-order chi connectivity index (χ1) is 19.1. The third-order valence-electron chi connectivity index (χ3n) is 10.3. The average molecular weight is 559 g/mol. The van der Waals surface area contributed by atoms with E-state index in [-0.39, 0.29) is 64.1 Å². The Bertz CT molecular complexity index is 1160. The van der Waals surface area contributed by atoms with Crippen molar-refractivity contribution < 1.29 is 28.7 Å². The number of ether oxygens (including phenoxy) is 2. The fourth-order valence-electron chi connectivity index (χ4n) is 7.36. The van der Waals surface area contributed by atoms with E-state index in [0.717, 1.165) is 32.1 Å². The molecular formula is C30H43FN4O5. The largest absolute Gasteiger partial charge is 0.496 e. The maximum Gasteiger partial charge on any atom is 0.255 e. The van der Waals surface area contributed by atoms with E-state index < -0.39 is 17.1 Å². The Hall–Kier alpha value is -3.04. The minimum absolute atomic E-state index is 0.0145. The molecule has 0 radical (unpaired) electrons. The molecule has 40 heavy (non-hydrogen) atoms. The van der Waals surface area contributed by atoms with Crippen molar-refractivity contribution in [3.8, 4) is 11.5 Å². The number of benzene rings is 1. The fourth-order valence-corrected chi connectivity index (χ4v) is 7.36. The smallest absolute Gasteiger partial charge is 0.255 e. The van der Waals surface area contributed by atoms with Crippen molar-refractivity contribution in [1.82, 2.24) is 10.6 Å². The van der Waals surface area contributed by atoms with E-state index in [1.165, 1.54) is 25.7 Å². The lowest BCUT2D eigenvalue weighted by molar-refractivity contribution is -0.128. The predicted molar refractivity (Wildman–Crippen MR) is 148 cm³/mol. The number of rotatable bonds is 9. The van der Waals surface area contributed by atoms with Crippen molar-refractivity contribution in [3.05, 3.63) is 23.5 Å². The summed E-state index contributed by atoms with van der Waals surface area (Å²) in [6.07, 6.45) is 8.57. The lowest BCUT2D eigenvalue weighted by Crippen LogP contribution is -2.51. The number of carbonyl (C=O) groups excluding carboxylic acids is 2. The Morgan fingerprint density at radius 2 is 1.80 bits per heavy atom. The van der Waals surface area contributed by atoms with Crippen LogP contribution in [-0.4, -0.2) is 48.7 Å². The maximum absolute atomic E-state index is 15.0. The highest BCUT2D eigenvalue weighted by atomic mass is 19.1. The quantitative estimate of drug-likeness (QED) is 0.154. The van der Waals surface area contributed by atoms with Crippen LogP contribution in [0.25, 0.3) is 0 Å². The molecule has 5 N–H and O–H groups in total. The second kappa shape index (κ2) is 11.1. The summed E-state index contributed by atoms with van der Waals surface area (Å²) in [5.74, 6) is -0.446. The number of oxime groups is 1. The molecule has 5 rings (SSSR count). The van der Waals surface area contributed by atoms with Crippen LogP contribution < -0.4 is 25.8 Å². The Morgan fingerprint density at radius 3 is 2.42 bits per heavy atom. The highest BCUT2D eigenvalue weighted by Crippen LogP contribution is 2.49. The Labute approximate surface area is 235 Å². The number of amidine groups is 1. The second-order valence-electron chi connectivity index (χ2n) is 13.1. The fraction of sp³-hybridized carbons (Fsp3) is 0.700. The van der Waals surface area contributed by atoms with E-state index >= 15 is 4.39 Å². The van der Waals surface area contributed by atoms with Gasteiger partial charge in [-0.25, -0.2) is 4.39 Å². The molecule has 4 saturated carbocycles. The summed E-state index contributed by atoms with van der Waals surface area (Å²) < 4.78 is 26.4. The molecule has 4 fully saturated rings. The van der Waals surface area contributed by atoms with Gasteiger partial charge in [0.2, 0.25) is 5.91 Å². The zero-order valence-electron chi connectivity index (χ0n) is 23.8. The summed E-state index contributed by atoms with van der Waals surface area (Å²) in [6.45, 7) is 4.82. The van der Waals surface area contributed by atoms with Crippen LogP contribution >= 0.6 is 0 Å². The van der Waals surface area contributed by atoms with Gasteiger partial charge in [0, 0.05) is 24.1 Å². The van der Waals surface area contributed by atoms with E-state index in [4.69, 9.17) is 20.4 Å². The molecule has 0 aromatic heterocycles. The SMILES string of the molecule is COc1cc(F)c(OC2CCC(C)(/C(N)=N/O)CC2)cc1C(=O)N[C@@H]1[C@H]2CC[C@H](C2)[C@@H]1C(=O)NCC1(C)CCC1. The zero-order valence-corrected chi connectivity index (χ0v) is 23.8. The van der Waals surface area contributed by atoms with Crippen molar-refractivity contribution in [3.63, 3.8) is 0 Å². The highest BCUT2D eigenvalue weighted by molar-refractivity contribution is 5.98. The Kier molecular flexibility index (Phi) is 7.90. The Balaban J connectivity index is 1.28. The second-order valence-corrected chi connectivity index (χ2v) is 13.1. The molecule has 10 heteroatoms. The van der Waals surface area contributed by atoms with Crippen LogP contribution in [0.2, 0.25) is 0 Å². The van der Waals surface area contributed by atoms with Gasteiger partial charge in [0.25, 0.3) is 5.91 Å². The molecule has 2 bridgehead atoms. The minimum Gasteiger partial charge on any atom is -0.496 e. The maximum atomic E-state index is 15.0. The van der Waals surface area contributed by atoms with E-state index in [1.807, 2.05) is 6.92 Å². The summed E-state index contributed by atoms with van der Waals surface area (Å²) in [5, 5.41) is 18.6. The van der Waals surface area contributed by atoms with Gasteiger partial charge >= 0.3 is 0 Å². The molecule has 0 aliphatic heterocycles. The molecule has 4 atom stereocenters. The zero-order chi connectivity index (χ0) is 28.7. The number of amides is 2. The first-order valence-corrected chi connectivity index (χ1v) is 14.7. The predicted octanol–water partition coefficient (Wildman–Crippen LogP) is 4.36. The molecule has 220 valence electrons. The van der Waals surface area contributed by atoms with Gasteiger partial charge in [-0.1, -0.05) is 25.4 Å². The molecule has 1 aromatic rings. The third kappa shape index (κ3) is 5.46. The first-order valence-electron chi connectivity index (χ1n) is 14.7. The number of hydrogen-bond acceptors (Lipinski definition) is 6. The molecule has 9 nitrogen and oxygen atoms in total. The van der Waals surface area contributed by atoms with Crippen molar-refractivity contribution in [1.29, 1.82) is 0 Å². The van der Waals surface area contributed by atoms with Gasteiger partial charge in [-0.2, -0.15) is 0 Å². The van der Waals surface area contributed by atoms with Crippen LogP contribution in [0.4, 0.5) is 4.39 Å². The topological polar surface area (TPSA) is 135 Å². The van der Waals surface area contributed by atoms with Crippen LogP contribution in [-0.2, 0) is 4.79 Å². The van der Waals surface area contributed by atoms with Crippen molar-refractivity contribution >= 4 is 17.6 Å².